The Balaban J connectivity index is 1.91. The Morgan fingerprint density at radius 1 is 1.67 bits per heavy atom. The number of hydrogen-bond acceptors (Lipinski definition) is 5. The van der Waals surface area contributed by atoms with Crippen LogP contribution in [0.15, 0.2) is 0 Å². The van der Waals surface area contributed by atoms with Crippen molar-refractivity contribution in [3.05, 3.63) is 11.6 Å². The maximum Gasteiger partial charge on any atom is 0.291 e. The van der Waals surface area contributed by atoms with E-state index in [-0.39, 0.29) is 24.9 Å². The Morgan fingerprint density at radius 2 is 2.44 bits per heavy atom. The van der Waals surface area contributed by atoms with Crippen LogP contribution in [0.4, 0.5) is 0 Å². The van der Waals surface area contributed by atoms with Crippen LogP contribution in [0.2, 0.25) is 0 Å². The zero-order valence-electron chi connectivity index (χ0n) is 10.6. The summed E-state index contributed by atoms with van der Waals surface area (Å²) in [5, 5.41) is 19.2. The molecule has 1 aliphatic heterocycles. The molecule has 2 heterocycles. The van der Waals surface area contributed by atoms with E-state index in [1.165, 1.54) is 0 Å². The number of amides is 1. The molecule has 1 aliphatic rings. The van der Waals surface area contributed by atoms with Crippen LogP contribution in [0.3, 0.4) is 0 Å². The number of nitrogens with one attached hydrogen (secondary N) is 2. The van der Waals surface area contributed by atoms with Gasteiger partial charge in [0.15, 0.2) is 0 Å². The molecular formula is C11H18N4O3. The van der Waals surface area contributed by atoms with E-state index in [0.29, 0.717) is 18.9 Å². The molecule has 1 fully saturated rings. The largest absolute Gasteiger partial charge is 0.386 e. The van der Waals surface area contributed by atoms with E-state index in [0.717, 1.165) is 0 Å². The molecule has 1 saturated heterocycles. The van der Waals surface area contributed by atoms with Crippen LogP contribution in [0, 0.1) is 0 Å². The quantitative estimate of drug-likeness (QED) is 0.691. The number of carbonyl (C=O) groups is 1. The number of aliphatic hydroxyl groups is 1. The maximum absolute atomic E-state index is 11.8. The number of H-pyrrole nitrogens is 1. The first-order valence-corrected chi connectivity index (χ1v) is 6.01. The molecule has 3 N–H and O–H groups in total. The fourth-order valence-corrected chi connectivity index (χ4v) is 1.69. The monoisotopic (exact) mass is 254 g/mol. The Kier molecular flexibility index (Phi) is 3.63. The molecule has 1 atom stereocenters. The van der Waals surface area contributed by atoms with Gasteiger partial charge in [-0.3, -0.25) is 9.89 Å². The van der Waals surface area contributed by atoms with E-state index in [1.54, 1.807) is 0 Å². The van der Waals surface area contributed by atoms with Gasteiger partial charge in [0.2, 0.25) is 5.82 Å². The number of rotatable bonds is 4. The van der Waals surface area contributed by atoms with Crippen LogP contribution in [0.1, 0.15) is 42.6 Å². The van der Waals surface area contributed by atoms with Gasteiger partial charge in [0, 0.05) is 25.5 Å². The zero-order chi connectivity index (χ0) is 13.2. The fourth-order valence-electron chi connectivity index (χ4n) is 1.69. The van der Waals surface area contributed by atoms with Crippen molar-refractivity contribution in [2.75, 3.05) is 19.8 Å². The van der Waals surface area contributed by atoms with E-state index in [2.05, 4.69) is 20.5 Å². The van der Waals surface area contributed by atoms with Crippen molar-refractivity contribution < 1.29 is 14.6 Å². The van der Waals surface area contributed by atoms with Gasteiger partial charge in [-0.05, 0) is 0 Å². The van der Waals surface area contributed by atoms with Gasteiger partial charge < -0.3 is 15.2 Å². The molecule has 0 saturated carbocycles. The van der Waals surface area contributed by atoms with E-state index < -0.39 is 11.5 Å². The Morgan fingerprint density at radius 3 is 3.00 bits per heavy atom. The summed E-state index contributed by atoms with van der Waals surface area (Å²) < 4.78 is 5.09. The lowest BCUT2D eigenvalue weighted by atomic mass is 10.0. The second-order valence-electron chi connectivity index (χ2n) is 4.91. The number of hydrogen-bond donors (Lipinski definition) is 3. The first-order chi connectivity index (χ1) is 8.50. The van der Waals surface area contributed by atoms with Gasteiger partial charge in [0.05, 0.1) is 6.61 Å². The Hall–Kier alpha value is -1.47. The fraction of sp³-hybridized carbons (Fsp3) is 0.727. The van der Waals surface area contributed by atoms with E-state index in [1.807, 2.05) is 13.8 Å². The highest BCUT2D eigenvalue weighted by atomic mass is 16.5. The molecule has 2 rings (SSSR count). The van der Waals surface area contributed by atoms with E-state index in [4.69, 9.17) is 4.74 Å². The normalized spacial score (nSPS) is 23.6. The molecule has 1 amide bonds. The van der Waals surface area contributed by atoms with Gasteiger partial charge >= 0.3 is 0 Å². The van der Waals surface area contributed by atoms with Crippen molar-refractivity contribution in [2.45, 2.75) is 31.8 Å². The third-order valence-electron chi connectivity index (χ3n) is 2.91. The van der Waals surface area contributed by atoms with Gasteiger partial charge in [0.1, 0.15) is 11.4 Å². The first kappa shape index (κ1) is 13.0. The second-order valence-corrected chi connectivity index (χ2v) is 4.91. The van der Waals surface area contributed by atoms with Crippen LogP contribution in [-0.2, 0) is 4.74 Å². The third-order valence-corrected chi connectivity index (χ3v) is 2.91. The molecule has 0 radical (unpaired) electrons. The van der Waals surface area contributed by atoms with Crippen molar-refractivity contribution in [3.63, 3.8) is 0 Å². The lowest BCUT2D eigenvalue weighted by Gasteiger charge is -2.19. The van der Waals surface area contributed by atoms with Gasteiger partial charge in [-0.2, -0.15) is 0 Å². The van der Waals surface area contributed by atoms with E-state index in [9.17, 15) is 9.90 Å². The molecule has 0 aromatic carbocycles. The van der Waals surface area contributed by atoms with Crippen molar-refractivity contribution >= 4 is 5.91 Å². The summed E-state index contributed by atoms with van der Waals surface area (Å²) in [5.74, 6) is 0.564. The highest BCUT2D eigenvalue weighted by molar-refractivity contribution is 5.90. The van der Waals surface area contributed by atoms with Crippen LogP contribution in [-0.4, -0.2) is 51.6 Å². The smallest absolute Gasteiger partial charge is 0.291 e. The highest BCUT2D eigenvalue weighted by Crippen LogP contribution is 2.17. The molecule has 0 aliphatic carbocycles. The lowest BCUT2D eigenvalue weighted by molar-refractivity contribution is 0.0263. The molecule has 0 spiro atoms. The summed E-state index contributed by atoms with van der Waals surface area (Å²) in [6.45, 7) is 4.84. The lowest BCUT2D eigenvalue weighted by Crippen LogP contribution is -2.43. The second kappa shape index (κ2) is 5.03. The summed E-state index contributed by atoms with van der Waals surface area (Å²) >= 11 is 0. The average molecular weight is 254 g/mol. The average Bonchev–Trinajstić information content (AvgIpc) is 2.95. The summed E-state index contributed by atoms with van der Waals surface area (Å²) in [5.41, 5.74) is -0.965. The highest BCUT2D eigenvalue weighted by Gasteiger charge is 2.32. The summed E-state index contributed by atoms with van der Waals surface area (Å²) in [4.78, 5) is 15.9. The standard InChI is InChI=1S/C11H18N4O3/c1-7(2)8-13-9(15-14-8)10(16)12-5-11(17)3-4-18-6-11/h7,17H,3-6H2,1-2H3,(H,12,16)(H,13,14,15). The minimum atomic E-state index is -0.965. The van der Waals surface area contributed by atoms with Crippen LogP contribution >= 0.6 is 0 Å². The van der Waals surface area contributed by atoms with Crippen molar-refractivity contribution in [2.24, 2.45) is 0 Å². The van der Waals surface area contributed by atoms with E-state index >= 15 is 0 Å². The Labute approximate surface area is 105 Å². The molecule has 1 aromatic rings. The maximum atomic E-state index is 11.8. The minimum absolute atomic E-state index is 0.0983. The van der Waals surface area contributed by atoms with Gasteiger partial charge in [-0.15, -0.1) is 5.10 Å². The molecule has 100 valence electrons. The molecule has 7 heteroatoms. The van der Waals surface area contributed by atoms with Crippen molar-refractivity contribution in [3.8, 4) is 0 Å². The minimum Gasteiger partial charge on any atom is -0.386 e. The molecule has 0 bridgehead atoms. The van der Waals surface area contributed by atoms with Crippen LogP contribution < -0.4 is 5.32 Å². The van der Waals surface area contributed by atoms with Gasteiger partial charge in [0.25, 0.3) is 5.91 Å². The van der Waals surface area contributed by atoms with Crippen LogP contribution in [0.5, 0.6) is 0 Å². The first-order valence-electron chi connectivity index (χ1n) is 6.01. The van der Waals surface area contributed by atoms with Gasteiger partial charge in [-0.1, -0.05) is 13.8 Å². The van der Waals surface area contributed by atoms with Crippen LogP contribution in [0.25, 0.3) is 0 Å². The number of carbonyl (C=O) groups excluding carboxylic acids is 1. The molecule has 1 unspecified atom stereocenters. The number of aromatic amines is 1. The van der Waals surface area contributed by atoms with Crippen molar-refractivity contribution in [1.82, 2.24) is 20.5 Å². The number of nitrogens with zero attached hydrogens (tertiary/aromatic N) is 2. The summed E-state index contributed by atoms with van der Waals surface area (Å²) in [6, 6.07) is 0. The number of aromatic nitrogens is 3. The zero-order valence-corrected chi connectivity index (χ0v) is 10.6. The Bertz CT molecular complexity index is 424. The number of ether oxygens (including phenoxy) is 1. The topological polar surface area (TPSA) is 100 Å². The summed E-state index contributed by atoms with van der Waals surface area (Å²) in [7, 11) is 0. The molecule has 7 nitrogen and oxygen atoms in total. The summed E-state index contributed by atoms with van der Waals surface area (Å²) in [6.07, 6.45) is 0.526. The predicted molar refractivity (Wildman–Crippen MR) is 63.2 cm³/mol. The van der Waals surface area contributed by atoms with Gasteiger partial charge in [-0.25, -0.2) is 4.98 Å². The van der Waals surface area contributed by atoms with Crippen molar-refractivity contribution in [1.29, 1.82) is 0 Å². The third kappa shape index (κ3) is 2.85. The molecular weight excluding hydrogens is 236 g/mol. The predicted octanol–water partition coefficient (Wildman–Crippen LogP) is -0.191. The molecule has 1 aromatic heterocycles. The SMILES string of the molecule is CC(C)c1nc(C(=O)NCC2(O)CCOC2)n[nH]1. The molecule has 18 heavy (non-hydrogen) atoms.